The van der Waals surface area contributed by atoms with Gasteiger partial charge in [-0.05, 0) is 31.5 Å². The zero-order chi connectivity index (χ0) is 16.0. The van der Waals surface area contributed by atoms with Crippen LogP contribution in [0.2, 0.25) is 5.02 Å². The Labute approximate surface area is 128 Å². The van der Waals surface area contributed by atoms with Gasteiger partial charge in [0.15, 0.2) is 0 Å². The van der Waals surface area contributed by atoms with Gasteiger partial charge in [-0.3, -0.25) is 10.1 Å². The van der Waals surface area contributed by atoms with Crippen LogP contribution in [0.25, 0.3) is 0 Å². The lowest BCUT2D eigenvalue weighted by molar-refractivity contribution is -0.385. The van der Waals surface area contributed by atoms with Gasteiger partial charge in [-0.2, -0.15) is 0 Å². The van der Waals surface area contributed by atoms with E-state index in [0.717, 1.165) is 13.0 Å². The highest BCUT2D eigenvalue weighted by atomic mass is 35.5. The Balaban J connectivity index is 2.95. The number of halogens is 1. The quantitative estimate of drug-likeness (QED) is 0.429. The number of rotatable bonds is 8. The number of nitro groups is 1. The van der Waals surface area contributed by atoms with E-state index < -0.39 is 20.6 Å². The van der Waals surface area contributed by atoms with Gasteiger partial charge in [-0.25, -0.2) is 13.1 Å². The molecule has 1 aromatic carbocycles. The van der Waals surface area contributed by atoms with Crippen LogP contribution in [0.4, 0.5) is 5.69 Å². The highest BCUT2D eigenvalue weighted by molar-refractivity contribution is 7.89. The Hall–Kier alpha value is -1.22. The Kier molecular flexibility index (Phi) is 6.53. The van der Waals surface area contributed by atoms with Crippen molar-refractivity contribution in [1.82, 2.24) is 10.0 Å². The molecule has 0 spiro atoms. The normalized spacial score (nSPS) is 11.6. The lowest BCUT2D eigenvalue weighted by Gasteiger charge is -2.10. The first-order valence-electron chi connectivity index (χ1n) is 6.44. The van der Waals surface area contributed by atoms with Crippen molar-refractivity contribution >= 4 is 27.3 Å². The molecule has 0 amide bonds. The molecule has 0 aliphatic rings. The van der Waals surface area contributed by atoms with E-state index in [0.29, 0.717) is 12.1 Å². The average Bonchev–Trinajstić information content (AvgIpc) is 2.40. The third kappa shape index (κ3) is 4.92. The van der Waals surface area contributed by atoms with E-state index in [2.05, 4.69) is 10.0 Å². The molecule has 7 nitrogen and oxygen atoms in total. The molecule has 0 saturated carbocycles. The van der Waals surface area contributed by atoms with Gasteiger partial charge < -0.3 is 5.32 Å². The zero-order valence-electron chi connectivity index (χ0n) is 11.8. The molecule has 0 fully saturated rings. The Bertz CT molecular complexity index is 619. The summed E-state index contributed by atoms with van der Waals surface area (Å²) in [5.74, 6) is 0. The molecule has 9 heteroatoms. The van der Waals surface area contributed by atoms with Crippen LogP contribution in [-0.4, -0.2) is 33.0 Å². The van der Waals surface area contributed by atoms with E-state index in [1.54, 1.807) is 6.92 Å². The maximum absolute atomic E-state index is 12.2. The number of nitrogens with zero attached hydrogens (tertiary/aromatic N) is 1. The number of aryl methyl sites for hydroxylation is 1. The molecule has 0 bridgehead atoms. The van der Waals surface area contributed by atoms with E-state index >= 15 is 0 Å². The first-order chi connectivity index (χ1) is 9.79. The topological polar surface area (TPSA) is 101 Å². The second-order valence-corrected chi connectivity index (χ2v) is 6.61. The van der Waals surface area contributed by atoms with Gasteiger partial charge in [0, 0.05) is 19.2 Å². The molecule has 21 heavy (non-hydrogen) atoms. The molecule has 0 atom stereocenters. The first-order valence-corrected chi connectivity index (χ1v) is 8.30. The van der Waals surface area contributed by atoms with Crippen molar-refractivity contribution in [3.8, 4) is 0 Å². The molecule has 118 valence electrons. The lowest BCUT2D eigenvalue weighted by Crippen LogP contribution is -2.32. The van der Waals surface area contributed by atoms with Gasteiger partial charge >= 0.3 is 0 Å². The molecule has 0 heterocycles. The highest BCUT2D eigenvalue weighted by Crippen LogP contribution is 2.32. The van der Waals surface area contributed by atoms with Crippen LogP contribution in [0, 0.1) is 17.0 Å². The Morgan fingerprint density at radius 3 is 2.52 bits per heavy atom. The van der Waals surface area contributed by atoms with Crippen molar-refractivity contribution in [2.45, 2.75) is 25.2 Å². The number of hydrogen-bond acceptors (Lipinski definition) is 5. The molecule has 0 aliphatic carbocycles. The Morgan fingerprint density at radius 2 is 1.95 bits per heavy atom. The van der Waals surface area contributed by atoms with Crippen LogP contribution >= 0.6 is 11.6 Å². The SMILES string of the molecule is CCCNCCNS(=O)(=O)c1cc(C)cc([N+](=O)[O-])c1Cl. The summed E-state index contributed by atoms with van der Waals surface area (Å²) in [6, 6.07) is 2.56. The number of hydrogen-bond donors (Lipinski definition) is 2. The van der Waals surface area contributed by atoms with Crippen molar-refractivity contribution in [2.75, 3.05) is 19.6 Å². The molecule has 0 unspecified atom stereocenters. The number of benzene rings is 1. The van der Waals surface area contributed by atoms with Crippen molar-refractivity contribution in [3.63, 3.8) is 0 Å². The van der Waals surface area contributed by atoms with Gasteiger partial charge in [-0.1, -0.05) is 18.5 Å². The van der Waals surface area contributed by atoms with Crippen molar-refractivity contribution in [1.29, 1.82) is 0 Å². The summed E-state index contributed by atoms with van der Waals surface area (Å²) >= 11 is 5.85. The van der Waals surface area contributed by atoms with Gasteiger partial charge in [0.25, 0.3) is 5.69 Å². The van der Waals surface area contributed by atoms with E-state index in [1.165, 1.54) is 12.1 Å². The molecular formula is C12H18ClN3O4S. The largest absolute Gasteiger partial charge is 0.315 e. The summed E-state index contributed by atoms with van der Waals surface area (Å²) < 4.78 is 26.7. The minimum absolute atomic E-state index is 0.181. The van der Waals surface area contributed by atoms with E-state index in [4.69, 9.17) is 11.6 Å². The summed E-state index contributed by atoms with van der Waals surface area (Å²) in [5, 5.41) is 13.6. The zero-order valence-corrected chi connectivity index (χ0v) is 13.4. The van der Waals surface area contributed by atoms with E-state index in [9.17, 15) is 18.5 Å². The van der Waals surface area contributed by atoms with Crippen LogP contribution in [-0.2, 0) is 10.0 Å². The second-order valence-electron chi connectivity index (χ2n) is 4.50. The molecular weight excluding hydrogens is 318 g/mol. The van der Waals surface area contributed by atoms with Crippen LogP contribution in [0.5, 0.6) is 0 Å². The van der Waals surface area contributed by atoms with Crippen molar-refractivity contribution < 1.29 is 13.3 Å². The summed E-state index contributed by atoms with van der Waals surface area (Å²) in [7, 11) is -3.88. The average molecular weight is 336 g/mol. The number of sulfonamides is 1. The fourth-order valence-corrected chi connectivity index (χ4v) is 3.39. The maximum atomic E-state index is 12.2. The molecule has 1 rings (SSSR count). The molecule has 0 aliphatic heterocycles. The van der Waals surface area contributed by atoms with Crippen molar-refractivity contribution in [2.24, 2.45) is 0 Å². The third-order valence-corrected chi connectivity index (χ3v) is 4.67. The fourth-order valence-electron chi connectivity index (χ4n) is 1.70. The summed E-state index contributed by atoms with van der Waals surface area (Å²) in [4.78, 5) is 9.91. The van der Waals surface area contributed by atoms with Crippen LogP contribution in [0.1, 0.15) is 18.9 Å². The Morgan fingerprint density at radius 1 is 1.29 bits per heavy atom. The number of nitro benzene ring substituents is 1. The van der Waals surface area contributed by atoms with E-state index in [1.807, 2.05) is 6.92 Å². The first kappa shape index (κ1) is 17.8. The van der Waals surface area contributed by atoms with Gasteiger partial charge in [0.2, 0.25) is 10.0 Å². The number of nitrogens with one attached hydrogen (secondary N) is 2. The van der Waals surface area contributed by atoms with Gasteiger partial charge in [-0.15, -0.1) is 0 Å². The molecule has 0 saturated heterocycles. The van der Waals surface area contributed by atoms with Crippen LogP contribution in [0.15, 0.2) is 17.0 Å². The fraction of sp³-hybridized carbons (Fsp3) is 0.500. The van der Waals surface area contributed by atoms with E-state index in [-0.39, 0.29) is 16.5 Å². The van der Waals surface area contributed by atoms with Crippen LogP contribution in [0.3, 0.4) is 0 Å². The third-order valence-electron chi connectivity index (χ3n) is 2.67. The van der Waals surface area contributed by atoms with Gasteiger partial charge in [0.05, 0.1) is 4.92 Å². The predicted molar refractivity (Wildman–Crippen MR) is 81.2 cm³/mol. The van der Waals surface area contributed by atoms with Gasteiger partial charge in [0.1, 0.15) is 9.92 Å². The molecule has 0 aromatic heterocycles. The predicted octanol–water partition coefficient (Wildman–Crippen LogP) is 1.83. The molecule has 1 aromatic rings. The minimum atomic E-state index is -3.88. The maximum Gasteiger partial charge on any atom is 0.289 e. The monoisotopic (exact) mass is 335 g/mol. The van der Waals surface area contributed by atoms with Crippen molar-refractivity contribution in [3.05, 3.63) is 32.8 Å². The summed E-state index contributed by atoms with van der Waals surface area (Å²) in [6.45, 7) is 5.02. The molecule has 2 N–H and O–H groups in total. The second kappa shape index (κ2) is 7.69. The minimum Gasteiger partial charge on any atom is -0.315 e. The lowest BCUT2D eigenvalue weighted by atomic mass is 10.2. The smallest absolute Gasteiger partial charge is 0.289 e. The van der Waals surface area contributed by atoms with Crippen LogP contribution < -0.4 is 10.0 Å². The summed E-state index contributed by atoms with van der Waals surface area (Å²) in [5.41, 5.74) is 0.0386. The molecule has 0 radical (unpaired) electrons. The standard InChI is InChI=1S/C12H18ClN3O4S/c1-3-4-14-5-6-15-21(19,20)11-8-9(2)7-10(12(11)13)16(17)18/h7-8,14-15H,3-6H2,1-2H3. The summed E-state index contributed by atoms with van der Waals surface area (Å²) in [6.07, 6.45) is 0.947. The highest BCUT2D eigenvalue weighted by Gasteiger charge is 2.25.